The van der Waals surface area contributed by atoms with Crippen LogP contribution in [0.25, 0.3) is 0 Å². The van der Waals surface area contributed by atoms with E-state index in [1.165, 1.54) is 6.07 Å². The molecule has 0 fully saturated rings. The highest BCUT2D eigenvalue weighted by Crippen LogP contribution is 2.32. The van der Waals surface area contributed by atoms with Crippen LogP contribution >= 0.6 is 10.7 Å². The van der Waals surface area contributed by atoms with Crippen molar-refractivity contribution in [2.75, 3.05) is 0 Å². The molecular formula is C14H15ClN2O3S. The van der Waals surface area contributed by atoms with E-state index in [2.05, 4.69) is 9.97 Å². The average Bonchev–Trinajstić information content (AvgIpc) is 2.42. The van der Waals surface area contributed by atoms with Crippen LogP contribution < -0.4 is 4.74 Å². The first-order valence-electron chi connectivity index (χ1n) is 6.25. The van der Waals surface area contributed by atoms with Crippen molar-refractivity contribution in [2.45, 2.75) is 32.3 Å². The summed E-state index contributed by atoms with van der Waals surface area (Å²) in [5.41, 5.74) is 2.03. The Morgan fingerprint density at radius 2 is 1.76 bits per heavy atom. The maximum atomic E-state index is 11.6. The Hall–Kier alpha value is -1.66. The number of nitrogens with zero attached hydrogens (tertiary/aromatic N) is 2. The molecule has 5 nitrogen and oxygen atoms in total. The molecule has 0 radical (unpaired) electrons. The molecule has 0 atom stereocenters. The Bertz CT molecular complexity index is 762. The van der Waals surface area contributed by atoms with E-state index in [-0.39, 0.29) is 11.5 Å². The minimum absolute atomic E-state index is 0.113. The van der Waals surface area contributed by atoms with Crippen LogP contribution in [-0.2, 0) is 15.7 Å². The third-order valence-corrected chi connectivity index (χ3v) is 4.65. The fourth-order valence-corrected chi connectivity index (χ4v) is 3.36. The number of rotatable bonds is 4. The molecule has 0 unspecified atom stereocenters. The lowest BCUT2D eigenvalue weighted by molar-refractivity contribution is 0.291. The van der Waals surface area contributed by atoms with Gasteiger partial charge in [-0.15, -0.1) is 0 Å². The average molecular weight is 327 g/mol. The number of halogens is 1. The Kier molecular flexibility index (Phi) is 4.49. The molecule has 0 saturated heterocycles. The molecule has 0 N–H and O–H groups in total. The van der Waals surface area contributed by atoms with Gasteiger partial charge in [0.05, 0.1) is 4.90 Å². The van der Waals surface area contributed by atoms with Crippen LogP contribution in [0.1, 0.15) is 22.5 Å². The Labute approximate surface area is 128 Å². The second kappa shape index (κ2) is 5.99. The molecule has 0 amide bonds. The van der Waals surface area contributed by atoms with E-state index in [4.69, 9.17) is 15.4 Å². The number of aromatic nitrogens is 2. The molecule has 1 aromatic carbocycles. The Balaban J connectivity index is 2.36. The standard InChI is InChI=1S/C14H15ClN2O3S/c1-9-7-12(21(15,18)19)10(2)11(3)14(9)20-8-13-16-5-4-6-17-13/h4-7H,8H2,1-3H3. The summed E-state index contributed by atoms with van der Waals surface area (Å²) in [6.45, 7) is 5.50. The maximum absolute atomic E-state index is 11.6. The molecule has 21 heavy (non-hydrogen) atoms. The highest BCUT2D eigenvalue weighted by atomic mass is 35.7. The van der Waals surface area contributed by atoms with E-state index in [0.29, 0.717) is 22.7 Å². The van der Waals surface area contributed by atoms with Gasteiger partial charge in [0, 0.05) is 23.1 Å². The Morgan fingerprint density at radius 1 is 1.14 bits per heavy atom. The molecular weight excluding hydrogens is 312 g/mol. The lowest BCUT2D eigenvalue weighted by Crippen LogP contribution is -2.06. The van der Waals surface area contributed by atoms with E-state index in [1.54, 1.807) is 39.2 Å². The first kappa shape index (κ1) is 15.7. The summed E-state index contributed by atoms with van der Waals surface area (Å²) in [6.07, 6.45) is 3.28. The molecule has 0 spiro atoms. The van der Waals surface area contributed by atoms with Gasteiger partial charge < -0.3 is 4.74 Å². The SMILES string of the molecule is Cc1cc(S(=O)(=O)Cl)c(C)c(C)c1OCc1ncccn1. The smallest absolute Gasteiger partial charge is 0.261 e. The predicted octanol–water partition coefficient (Wildman–Crippen LogP) is 2.91. The van der Waals surface area contributed by atoms with Crippen molar-refractivity contribution in [1.82, 2.24) is 9.97 Å². The van der Waals surface area contributed by atoms with Crippen molar-refractivity contribution in [3.63, 3.8) is 0 Å². The summed E-state index contributed by atoms with van der Waals surface area (Å²) >= 11 is 0. The highest BCUT2D eigenvalue weighted by Gasteiger charge is 2.19. The molecule has 112 valence electrons. The molecule has 0 aliphatic carbocycles. The van der Waals surface area contributed by atoms with Crippen molar-refractivity contribution in [3.8, 4) is 5.75 Å². The lowest BCUT2D eigenvalue weighted by Gasteiger charge is -2.15. The largest absolute Gasteiger partial charge is 0.485 e. The van der Waals surface area contributed by atoms with Crippen LogP contribution in [0.5, 0.6) is 5.75 Å². The van der Waals surface area contributed by atoms with Gasteiger partial charge in [-0.05, 0) is 49.6 Å². The molecule has 0 aliphatic heterocycles. The van der Waals surface area contributed by atoms with Gasteiger partial charge >= 0.3 is 0 Å². The number of ether oxygens (including phenoxy) is 1. The molecule has 2 aromatic rings. The summed E-state index contributed by atoms with van der Waals surface area (Å²) < 4.78 is 28.8. The number of hydrogen-bond acceptors (Lipinski definition) is 5. The third-order valence-electron chi connectivity index (χ3n) is 3.21. The quantitative estimate of drug-likeness (QED) is 0.808. The van der Waals surface area contributed by atoms with Crippen molar-refractivity contribution < 1.29 is 13.2 Å². The van der Waals surface area contributed by atoms with Crippen molar-refractivity contribution in [3.05, 3.63) is 47.0 Å². The summed E-state index contributed by atoms with van der Waals surface area (Å²) in [5.74, 6) is 1.19. The van der Waals surface area contributed by atoms with Crippen LogP contribution in [0, 0.1) is 20.8 Å². The topological polar surface area (TPSA) is 69.2 Å². The normalized spacial score (nSPS) is 11.4. The number of hydrogen-bond donors (Lipinski definition) is 0. The van der Waals surface area contributed by atoms with E-state index in [9.17, 15) is 8.42 Å². The van der Waals surface area contributed by atoms with Gasteiger partial charge in [-0.2, -0.15) is 0 Å². The van der Waals surface area contributed by atoms with Crippen molar-refractivity contribution >= 4 is 19.7 Å². The zero-order valence-corrected chi connectivity index (χ0v) is 13.5. The first-order chi connectivity index (χ1) is 9.80. The Morgan fingerprint density at radius 3 is 2.33 bits per heavy atom. The van der Waals surface area contributed by atoms with Crippen LogP contribution in [-0.4, -0.2) is 18.4 Å². The molecule has 1 heterocycles. The highest BCUT2D eigenvalue weighted by molar-refractivity contribution is 8.13. The summed E-state index contributed by atoms with van der Waals surface area (Å²) in [6, 6.07) is 3.25. The van der Waals surface area contributed by atoms with Crippen LogP contribution in [0.15, 0.2) is 29.4 Å². The summed E-state index contributed by atoms with van der Waals surface area (Å²) in [5, 5.41) is 0. The van der Waals surface area contributed by atoms with Crippen molar-refractivity contribution in [2.24, 2.45) is 0 Å². The van der Waals surface area contributed by atoms with E-state index < -0.39 is 9.05 Å². The van der Waals surface area contributed by atoms with Gasteiger partial charge in [0.2, 0.25) is 0 Å². The lowest BCUT2D eigenvalue weighted by atomic mass is 10.1. The van der Waals surface area contributed by atoms with Gasteiger partial charge in [0.25, 0.3) is 9.05 Å². The molecule has 2 rings (SSSR count). The van der Waals surface area contributed by atoms with Gasteiger partial charge in [0.1, 0.15) is 12.4 Å². The maximum Gasteiger partial charge on any atom is 0.261 e. The number of aryl methyl sites for hydroxylation is 1. The predicted molar refractivity (Wildman–Crippen MR) is 80.1 cm³/mol. The third kappa shape index (κ3) is 3.51. The van der Waals surface area contributed by atoms with E-state index in [1.807, 2.05) is 0 Å². The zero-order valence-electron chi connectivity index (χ0n) is 11.9. The summed E-state index contributed by atoms with van der Waals surface area (Å²) in [4.78, 5) is 8.27. The van der Waals surface area contributed by atoms with Crippen LogP contribution in [0.2, 0.25) is 0 Å². The molecule has 0 saturated carbocycles. The first-order valence-corrected chi connectivity index (χ1v) is 8.56. The van der Waals surface area contributed by atoms with Crippen LogP contribution in [0.3, 0.4) is 0 Å². The zero-order chi connectivity index (χ0) is 15.6. The van der Waals surface area contributed by atoms with Gasteiger partial charge in [-0.25, -0.2) is 18.4 Å². The fourth-order valence-electron chi connectivity index (χ4n) is 2.04. The number of benzene rings is 1. The molecule has 7 heteroatoms. The molecule has 0 aliphatic rings. The monoisotopic (exact) mass is 326 g/mol. The van der Waals surface area contributed by atoms with Gasteiger partial charge in [-0.3, -0.25) is 0 Å². The minimum atomic E-state index is -3.77. The second-order valence-corrected chi connectivity index (χ2v) is 7.20. The van der Waals surface area contributed by atoms with Crippen LogP contribution in [0.4, 0.5) is 0 Å². The fraction of sp³-hybridized carbons (Fsp3) is 0.286. The van der Waals surface area contributed by atoms with Crippen molar-refractivity contribution in [1.29, 1.82) is 0 Å². The molecule has 1 aromatic heterocycles. The van der Waals surface area contributed by atoms with E-state index in [0.717, 1.165) is 5.56 Å². The minimum Gasteiger partial charge on any atom is -0.485 e. The summed E-state index contributed by atoms with van der Waals surface area (Å²) in [7, 11) is 1.67. The molecule has 0 bridgehead atoms. The van der Waals surface area contributed by atoms with Gasteiger partial charge in [0.15, 0.2) is 5.82 Å². The van der Waals surface area contributed by atoms with Gasteiger partial charge in [-0.1, -0.05) is 0 Å². The second-order valence-electron chi connectivity index (χ2n) is 4.66. The van der Waals surface area contributed by atoms with E-state index >= 15 is 0 Å².